The fourth-order valence-electron chi connectivity index (χ4n) is 3.90. The van der Waals surface area contributed by atoms with Crippen molar-refractivity contribution in [1.82, 2.24) is 15.3 Å². The second-order valence-electron chi connectivity index (χ2n) is 8.15. The number of H-pyrrole nitrogens is 2. The average Bonchev–Trinajstić information content (AvgIpc) is 2.79. The van der Waals surface area contributed by atoms with Crippen LogP contribution in [0.2, 0.25) is 0 Å². The minimum absolute atomic E-state index is 0.0562. The summed E-state index contributed by atoms with van der Waals surface area (Å²) in [5, 5.41) is 2.84. The maximum atomic E-state index is 13.4. The van der Waals surface area contributed by atoms with Gasteiger partial charge in [-0.3, -0.25) is 14.6 Å². The number of benzene rings is 2. The first kappa shape index (κ1) is 24.3. The summed E-state index contributed by atoms with van der Waals surface area (Å²) in [4.78, 5) is 38.0. The van der Waals surface area contributed by atoms with Crippen molar-refractivity contribution in [2.24, 2.45) is 5.92 Å². The number of rotatable bonds is 5. The van der Waals surface area contributed by atoms with Crippen molar-refractivity contribution in [3.8, 4) is 0 Å². The Kier molecular flexibility index (Phi) is 8.46. The first-order valence-electron chi connectivity index (χ1n) is 10.9. The fourth-order valence-corrected chi connectivity index (χ4v) is 3.90. The lowest BCUT2D eigenvalue weighted by Crippen LogP contribution is -2.24. The highest BCUT2D eigenvalue weighted by atomic mass is 19.1. The summed E-state index contributed by atoms with van der Waals surface area (Å²) in [7, 11) is 0. The van der Waals surface area contributed by atoms with Crippen LogP contribution in [0.3, 0.4) is 0 Å². The predicted molar refractivity (Wildman–Crippen MR) is 119 cm³/mol. The van der Waals surface area contributed by atoms with Crippen molar-refractivity contribution >= 4 is 16.8 Å². The zero-order valence-corrected chi connectivity index (χ0v) is 18.1. The molecule has 0 unspecified atom stereocenters. The van der Waals surface area contributed by atoms with Crippen molar-refractivity contribution in [3.63, 3.8) is 0 Å². The number of halogens is 3. The molecule has 0 radical (unpaired) electrons. The number of aromatic nitrogens is 2. The zero-order chi connectivity index (χ0) is 23.8. The van der Waals surface area contributed by atoms with Crippen LogP contribution in [-0.4, -0.2) is 15.9 Å². The van der Waals surface area contributed by atoms with Crippen molar-refractivity contribution < 1.29 is 18.0 Å². The molecule has 0 aliphatic heterocycles. The SMILES string of the molecule is O=C(CCC1CCCCC1)NCc1ccc(F)cc1F.O=c1[nH]c(=O)c2cc(F)ccc2[nH]1. The average molecular weight is 461 g/mol. The third-order valence-corrected chi connectivity index (χ3v) is 5.70. The normalized spacial score (nSPS) is 13.9. The van der Waals surface area contributed by atoms with Crippen LogP contribution in [0.25, 0.3) is 10.9 Å². The molecule has 1 aliphatic rings. The third kappa shape index (κ3) is 7.34. The van der Waals surface area contributed by atoms with E-state index in [0.717, 1.165) is 18.6 Å². The highest BCUT2D eigenvalue weighted by Crippen LogP contribution is 2.27. The molecular weight excluding hydrogens is 435 g/mol. The van der Waals surface area contributed by atoms with Crippen molar-refractivity contribution in [2.45, 2.75) is 51.5 Å². The van der Waals surface area contributed by atoms with E-state index in [1.54, 1.807) is 0 Å². The van der Waals surface area contributed by atoms with Gasteiger partial charge in [0.25, 0.3) is 5.56 Å². The number of fused-ring (bicyclic) bond motifs is 1. The maximum absolute atomic E-state index is 13.4. The van der Waals surface area contributed by atoms with Gasteiger partial charge in [-0.1, -0.05) is 38.2 Å². The molecule has 0 bridgehead atoms. The minimum atomic E-state index is -0.613. The first-order valence-corrected chi connectivity index (χ1v) is 10.9. The molecule has 0 saturated heterocycles. The van der Waals surface area contributed by atoms with Crippen LogP contribution in [0.15, 0.2) is 46.0 Å². The van der Waals surface area contributed by atoms with Gasteiger partial charge in [0.05, 0.1) is 10.9 Å². The van der Waals surface area contributed by atoms with Crippen LogP contribution in [-0.2, 0) is 11.3 Å². The fraction of sp³-hybridized carbons (Fsp3) is 0.375. The van der Waals surface area contributed by atoms with Crippen LogP contribution in [0, 0.1) is 23.4 Å². The minimum Gasteiger partial charge on any atom is -0.352 e. The summed E-state index contributed by atoms with van der Waals surface area (Å²) >= 11 is 0. The number of nitrogens with one attached hydrogen (secondary N) is 3. The van der Waals surface area contributed by atoms with E-state index in [4.69, 9.17) is 0 Å². The van der Waals surface area contributed by atoms with Crippen LogP contribution in [0.1, 0.15) is 50.5 Å². The summed E-state index contributed by atoms with van der Waals surface area (Å²) in [6.07, 6.45) is 7.71. The second kappa shape index (κ2) is 11.5. The van der Waals surface area contributed by atoms with E-state index in [1.807, 2.05) is 4.98 Å². The van der Waals surface area contributed by atoms with Gasteiger partial charge < -0.3 is 10.3 Å². The molecule has 6 nitrogen and oxygen atoms in total. The molecule has 2 aromatic carbocycles. The van der Waals surface area contributed by atoms with E-state index in [9.17, 15) is 27.6 Å². The van der Waals surface area contributed by atoms with E-state index in [2.05, 4.69) is 10.3 Å². The highest BCUT2D eigenvalue weighted by Gasteiger charge is 2.15. The molecule has 9 heteroatoms. The number of amides is 1. The van der Waals surface area contributed by atoms with Gasteiger partial charge in [-0.05, 0) is 36.6 Å². The van der Waals surface area contributed by atoms with Crippen LogP contribution in [0.5, 0.6) is 0 Å². The summed E-state index contributed by atoms with van der Waals surface area (Å²) in [5.74, 6) is -1.12. The quantitative estimate of drug-likeness (QED) is 0.529. The van der Waals surface area contributed by atoms with Gasteiger partial charge in [0.2, 0.25) is 5.91 Å². The van der Waals surface area contributed by atoms with Gasteiger partial charge in [-0.15, -0.1) is 0 Å². The van der Waals surface area contributed by atoms with Crippen LogP contribution in [0.4, 0.5) is 13.2 Å². The summed E-state index contributed by atoms with van der Waals surface area (Å²) < 4.78 is 38.8. The van der Waals surface area contributed by atoms with Gasteiger partial charge in [0.1, 0.15) is 17.5 Å². The van der Waals surface area contributed by atoms with Crippen LogP contribution >= 0.6 is 0 Å². The number of carbonyl (C=O) groups excluding carboxylic acids is 1. The standard InChI is InChI=1S/C16H21F2NO.C8H5FN2O2/c17-14-8-7-13(15(18)10-14)11-19-16(20)9-6-12-4-2-1-3-5-12;9-4-1-2-6-5(3-4)7(12)11-8(13)10-6/h7-8,10,12H,1-6,9,11H2,(H,19,20);1-3H,(H2,10,11,12,13). The second-order valence-corrected chi connectivity index (χ2v) is 8.15. The Morgan fingerprint density at radius 3 is 2.36 bits per heavy atom. The van der Waals surface area contributed by atoms with E-state index < -0.39 is 28.7 Å². The Bertz CT molecular complexity index is 1220. The van der Waals surface area contributed by atoms with Crippen LogP contribution < -0.4 is 16.6 Å². The molecule has 0 atom stereocenters. The Hall–Kier alpha value is -3.36. The topological polar surface area (TPSA) is 94.8 Å². The first-order chi connectivity index (χ1) is 15.8. The number of hydrogen-bond donors (Lipinski definition) is 3. The maximum Gasteiger partial charge on any atom is 0.326 e. The molecule has 1 aliphatic carbocycles. The van der Waals surface area contributed by atoms with E-state index in [0.29, 0.717) is 23.4 Å². The van der Waals surface area contributed by atoms with Gasteiger partial charge >= 0.3 is 5.69 Å². The molecule has 1 fully saturated rings. The molecule has 1 saturated carbocycles. The molecule has 3 aromatic rings. The molecule has 1 heterocycles. The van der Waals surface area contributed by atoms with E-state index in [1.165, 1.54) is 56.4 Å². The molecule has 3 N–H and O–H groups in total. The smallest absolute Gasteiger partial charge is 0.326 e. The lowest BCUT2D eigenvalue weighted by Gasteiger charge is -2.21. The summed E-state index contributed by atoms with van der Waals surface area (Å²) in [5.41, 5.74) is -0.532. The van der Waals surface area contributed by atoms with Crippen molar-refractivity contribution in [3.05, 3.63) is 80.3 Å². The molecular formula is C24H26F3N3O3. The van der Waals surface area contributed by atoms with Crippen molar-refractivity contribution in [2.75, 3.05) is 0 Å². The Morgan fingerprint density at radius 1 is 0.939 bits per heavy atom. The number of hydrogen-bond acceptors (Lipinski definition) is 3. The number of carbonyl (C=O) groups is 1. The van der Waals surface area contributed by atoms with E-state index >= 15 is 0 Å². The summed E-state index contributed by atoms with van der Waals surface area (Å²) in [6.45, 7) is 0.121. The monoisotopic (exact) mass is 461 g/mol. The summed E-state index contributed by atoms with van der Waals surface area (Å²) in [6, 6.07) is 7.01. The van der Waals surface area contributed by atoms with Crippen molar-refractivity contribution in [1.29, 1.82) is 0 Å². The molecule has 0 spiro atoms. The largest absolute Gasteiger partial charge is 0.352 e. The number of aromatic amines is 2. The zero-order valence-electron chi connectivity index (χ0n) is 18.1. The molecule has 4 rings (SSSR count). The third-order valence-electron chi connectivity index (χ3n) is 5.70. The molecule has 176 valence electrons. The van der Waals surface area contributed by atoms with Gasteiger partial charge in [0.15, 0.2) is 0 Å². The Labute approximate surface area is 188 Å². The predicted octanol–water partition coefficient (Wildman–Crippen LogP) is 4.30. The molecule has 1 aromatic heterocycles. The Morgan fingerprint density at radius 2 is 1.64 bits per heavy atom. The van der Waals surface area contributed by atoms with E-state index in [-0.39, 0.29) is 17.8 Å². The lowest BCUT2D eigenvalue weighted by molar-refractivity contribution is -0.121. The highest BCUT2D eigenvalue weighted by molar-refractivity contribution is 5.77. The molecule has 33 heavy (non-hydrogen) atoms. The molecule has 1 amide bonds. The lowest BCUT2D eigenvalue weighted by atomic mass is 9.86. The van der Waals surface area contributed by atoms with Gasteiger partial charge in [-0.25, -0.2) is 18.0 Å². The Balaban J connectivity index is 0.000000203. The van der Waals surface area contributed by atoms with Gasteiger partial charge in [-0.2, -0.15) is 0 Å². The van der Waals surface area contributed by atoms with Gasteiger partial charge in [0, 0.05) is 24.6 Å².